The molecule has 3 fully saturated rings. The van der Waals surface area contributed by atoms with Crippen LogP contribution >= 0.6 is 0 Å². The molecule has 3 aliphatic rings. The number of carbonyl (C=O) groups excluding carboxylic acids is 3. The molecule has 3 saturated carbocycles. The van der Waals surface area contributed by atoms with E-state index in [0.717, 1.165) is 83.5 Å². The predicted octanol–water partition coefficient (Wildman–Crippen LogP) is 9.22. The first-order valence-corrected chi connectivity index (χ1v) is 16.8. The first kappa shape index (κ1) is 31.6. The summed E-state index contributed by atoms with van der Waals surface area (Å²) in [6, 6.07) is 5.61. The van der Waals surface area contributed by atoms with E-state index >= 15 is 0 Å². The minimum atomic E-state index is -0.497. The number of hydrogen-bond acceptors (Lipinski definition) is 3. The van der Waals surface area contributed by atoms with E-state index in [-0.39, 0.29) is 35.0 Å². The van der Waals surface area contributed by atoms with Crippen LogP contribution in [0.15, 0.2) is 18.2 Å². The highest BCUT2D eigenvalue weighted by atomic mass is 16.2. The van der Waals surface area contributed by atoms with Crippen LogP contribution in [0.1, 0.15) is 143 Å². The van der Waals surface area contributed by atoms with E-state index < -0.39 is 5.41 Å². The zero-order valence-electron chi connectivity index (χ0n) is 26.0. The molecule has 0 radical (unpaired) electrons. The Kier molecular flexibility index (Phi) is 11.3. The van der Waals surface area contributed by atoms with E-state index in [2.05, 4.69) is 36.7 Å². The zero-order chi connectivity index (χ0) is 29.3. The van der Waals surface area contributed by atoms with Crippen molar-refractivity contribution in [3.05, 3.63) is 18.2 Å². The van der Waals surface area contributed by atoms with Crippen LogP contribution in [-0.2, 0) is 14.4 Å². The monoisotopic (exact) mass is 565 g/mol. The number of carbonyl (C=O) groups is 3. The maximum Gasteiger partial charge on any atom is 0.231 e. The van der Waals surface area contributed by atoms with Crippen LogP contribution in [-0.4, -0.2) is 17.7 Å². The van der Waals surface area contributed by atoms with Crippen LogP contribution in [0.2, 0.25) is 0 Å². The molecule has 0 bridgehead atoms. The van der Waals surface area contributed by atoms with Crippen molar-refractivity contribution in [2.45, 2.75) is 143 Å². The first-order chi connectivity index (χ1) is 19.7. The number of rotatable bonds is 6. The van der Waals surface area contributed by atoms with Gasteiger partial charge >= 0.3 is 0 Å². The van der Waals surface area contributed by atoms with Gasteiger partial charge in [0.25, 0.3) is 0 Å². The van der Waals surface area contributed by atoms with Crippen LogP contribution in [0.5, 0.6) is 0 Å². The zero-order valence-corrected chi connectivity index (χ0v) is 26.0. The lowest BCUT2D eigenvalue weighted by Crippen LogP contribution is -2.47. The Morgan fingerprint density at radius 1 is 0.610 bits per heavy atom. The summed E-state index contributed by atoms with van der Waals surface area (Å²) in [6.07, 6.45) is 20.1. The molecule has 0 saturated heterocycles. The van der Waals surface area contributed by atoms with Crippen molar-refractivity contribution in [3.8, 4) is 0 Å². The van der Waals surface area contributed by atoms with Crippen molar-refractivity contribution in [2.75, 3.05) is 16.0 Å². The summed E-state index contributed by atoms with van der Waals surface area (Å²) in [4.78, 5) is 41.3. The van der Waals surface area contributed by atoms with E-state index in [1.165, 1.54) is 38.5 Å². The summed E-state index contributed by atoms with van der Waals surface area (Å²) in [5.41, 5.74) is 0.992. The molecule has 0 aliphatic heterocycles. The molecular formula is C35H55N3O3. The predicted molar refractivity (Wildman–Crippen MR) is 169 cm³/mol. The summed E-state index contributed by atoms with van der Waals surface area (Å²) in [5, 5.41) is 9.68. The molecule has 0 heterocycles. The van der Waals surface area contributed by atoms with Gasteiger partial charge in [0.2, 0.25) is 17.7 Å². The van der Waals surface area contributed by atoms with Gasteiger partial charge < -0.3 is 16.0 Å². The lowest BCUT2D eigenvalue weighted by Gasteiger charge is -2.46. The summed E-state index contributed by atoms with van der Waals surface area (Å²) in [6.45, 7) is 6.49. The van der Waals surface area contributed by atoms with Crippen LogP contribution in [0.4, 0.5) is 17.1 Å². The molecular weight excluding hydrogens is 510 g/mol. The van der Waals surface area contributed by atoms with E-state index in [9.17, 15) is 14.4 Å². The molecule has 6 heteroatoms. The Morgan fingerprint density at radius 3 is 1.41 bits per heavy atom. The Labute approximate surface area is 248 Å². The number of benzene rings is 1. The fraction of sp³-hybridized carbons (Fsp3) is 0.743. The minimum Gasteiger partial charge on any atom is -0.324 e. The van der Waals surface area contributed by atoms with Crippen molar-refractivity contribution in [1.29, 1.82) is 0 Å². The molecule has 1 aromatic carbocycles. The summed E-state index contributed by atoms with van der Waals surface area (Å²) >= 11 is 0. The highest BCUT2D eigenvalue weighted by Crippen LogP contribution is 2.51. The normalized spacial score (nSPS) is 21.4. The van der Waals surface area contributed by atoms with E-state index in [1.807, 2.05) is 18.2 Å². The third-order valence-corrected chi connectivity index (χ3v) is 10.3. The van der Waals surface area contributed by atoms with Crippen molar-refractivity contribution < 1.29 is 14.4 Å². The van der Waals surface area contributed by atoms with Gasteiger partial charge in [-0.15, -0.1) is 0 Å². The second-order valence-electron chi connectivity index (χ2n) is 14.1. The Balaban J connectivity index is 1.63. The quantitative estimate of drug-likeness (QED) is 0.321. The number of anilines is 3. The topological polar surface area (TPSA) is 87.3 Å². The average molecular weight is 566 g/mol. The standard InChI is InChI=1S/C35H55N3O3/c1-34(2,3)35(24-15-10-16-25-35)33(41)38-30-28(36-31(39)26-18-11-6-4-7-12-19-26)22-17-23-29(30)37-32(40)27-20-13-8-5-9-14-21-27/h17,22-23,26-27H,4-16,18-21,24-25H2,1-3H3,(H,36,39)(H,37,40)(H,38,41). The molecule has 3 aliphatic carbocycles. The molecule has 1 aromatic rings. The second kappa shape index (κ2) is 14.7. The van der Waals surface area contributed by atoms with Gasteiger partial charge in [0.05, 0.1) is 22.5 Å². The number of amides is 3. The SMILES string of the molecule is CC(C)(C)C1(C(=O)Nc2c(NC(=O)C3CCCCCCC3)cccc2NC(=O)C2CCCCCCC2)CCCCC1. The lowest BCUT2D eigenvalue weighted by atomic mass is 9.59. The first-order valence-electron chi connectivity index (χ1n) is 16.8. The largest absolute Gasteiger partial charge is 0.324 e. The second-order valence-corrected chi connectivity index (χ2v) is 14.1. The van der Waals surface area contributed by atoms with Gasteiger partial charge in [-0.25, -0.2) is 0 Å². The number of nitrogens with one attached hydrogen (secondary N) is 3. The molecule has 0 spiro atoms. The van der Waals surface area contributed by atoms with Crippen LogP contribution in [0, 0.1) is 22.7 Å². The van der Waals surface area contributed by atoms with Crippen LogP contribution in [0.3, 0.4) is 0 Å². The Bertz CT molecular complexity index is 967. The maximum absolute atomic E-state index is 14.2. The molecule has 0 atom stereocenters. The van der Waals surface area contributed by atoms with Crippen molar-refractivity contribution in [2.24, 2.45) is 22.7 Å². The Hall–Kier alpha value is -2.37. The van der Waals surface area contributed by atoms with E-state index in [4.69, 9.17) is 0 Å². The van der Waals surface area contributed by atoms with Crippen LogP contribution in [0.25, 0.3) is 0 Å². The van der Waals surface area contributed by atoms with Gasteiger partial charge in [0.1, 0.15) is 0 Å². The van der Waals surface area contributed by atoms with Gasteiger partial charge in [-0.1, -0.05) is 110 Å². The molecule has 3 N–H and O–H groups in total. The highest BCUT2D eigenvalue weighted by molar-refractivity contribution is 6.08. The fourth-order valence-electron chi connectivity index (χ4n) is 7.51. The smallest absolute Gasteiger partial charge is 0.231 e. The van der Waals surface area contributed by atoms with Crippen molar-refractivity contribution in [1.82, 2.24) is 0 Å². The Morgan fingerprint density at radius 2 is 1.00 bits per heavy atom. The van der Waals surface area contributed by atoms with E-state index in [1.54, 1.807) is 0 Å². The number of hydrogen-bond donors (Lipinski definition) is 3. The van der Waals surface area contributed by atoms with Gasteiger partial charge in [0.15, 0.2) is 0 Å². The van der Waals surface area contributed by atoms with Crippen molar-refractivity contribution in [3.63, 3.8) is 0 Å². The van der Waals surface area contributed by atoms with Gasteiger partial charge in [0, 0.05) is 11.8 Å². The summed E-state index contributed by atoms with van der Waals surface area (Å²) in [5.74, 6) is -0.000404. The van der Waals surface area contributed by atoms with Gasteiger partial charge in [-0.2, -0.15) is 0 Å². The average Bonchev–Trinajstić information content (AvgIpc) is 2.89. The van der Waals surface area contributed by atoms with Gasteiger partial charge in [-0.3, -0.25) is 14.4 Å². The molecule has 6 nitrogen and oxygen atoms in total. The third-order valence-electron chi connectivity index (χ3n) is 10.3. The molecule has 3 amide bonds. The maximum atomic E-state index is 14.2. The molecule has 4 rings (SSSR count). The summed E-state index contributed by atoms with van der Waals surface area (Å²) in [7, 11) is 0. The van der Waals surface area contributed by atoms with E-state index in [0.29, 0.717) is 17.1 Å². The fourth-order valence-corrected chi connectivity index (χ4v) is 7.51. The van der Waals surface area contributed by atoms with Gasteiger partial charge in [-0.05, 0) is 56.1 Å². The number of para-hydroxylation sites is 1. The van der Waals surface area contributed by atoms with Crippen LogP contribution < -0.4 is 16.0 Å². The highest BCUT2D eigenvalue weighted by Gasteiger charge is 2.48. The third kappa shape index (κ3) is 8.14. The minimum absolute atomic E-state index is 0.00111. The summed E-state index contributed by atoms with van der Waals surface area (Å²) < 4.78 is 0. The van der Waals surface area contributed by atoms with Crippen molar-refractivity contribution >= 4 is 34.8 Å². The molecule has 0 aromatic heterocycles. The molecule has 228 valence electrons. The lowest BCUT2D eigenvalue weighted by molar-refractivity contribution is -0.135. The molecule has 41 heavy (non-hydrogen) atoms. The molecule has 0 unspecified atom stereocenters.